The Hall–Kier alpha value is -2.29. The van der Waals surface area contributed by atoms with Crippen LogP contribution in [0.4, 0.5) is 11.8 Å². The number of hydrogen-bond donors (Lipinski definition) is 1. The predicted octanol–water partition coefficient (Wildman–Crippen LogP) is 0.245. The Morgan fingerprint density at radius 1 is 1.56 bits per heavy atom. The second-order valence-electron chi connectivity index (χ2n) is 2.96. The molecule has 0 aliphatic carbocycles. The highest BCUT2D eigenvalue weighted by molar-refractivity contribution is 5.83. The van der Waals surface area contributed by atoms with Gasteiger partial charge in [-0.2, -0.15) is 0 Å². The molecule has 9 heteroatoms. The summed E-state index contributed by atoms with van der Waals surface area (Å²) in [6, 6.07) is 0. The van der Waals surface area contributed by atoms with Crippen LogP contribution in [0.1, 0.15) is 0 Å². The highest BCUT2D eigenvalue weighted by Gasteiger charge is 2.21. The topological polar surface area (TPSA) is 108 Å². The van der Waals surface area contributed by atoms with Crippen LogP contribution in [0.5, 0.6) is 0 Å². The number of hydrogen-bond acceptors (Lipinski definition) is 7. The zero-order valence-electron chi connectivity index (χ0n) is 8.54. The standard InChI is InChI=1S/C7H8N6O3/c1-12-3-8-4-5(11-16-2)9-7(13(14)15)10-6(4)12/h3H,1-2H3,(H,9,10,11). The fourth-order valence-electron chi connectivity index (χ4n) is 1.24. The van der Waals surface area contributed by atoms with Crippen LogP contribution in [0.2, 0.25) is 0 Å². The number of nitrogens with one attached hydrogen (secondary N) is 1. The third-order valence-corrected chi connectivity index (χ3v) is 1.91. The minimum Gasteiger partial charge on any atom is -0.390 e. The average molecular weight is 224 g/mol. The van der Waals surface area contributed by atoms with E-state index in [2.05, 4.69) is 25.3 Å². The van der Waals surface area contributed by atoms with E-state index in [1.165, 1.54) is 13.4 Å². The van der Waals surface area contributed by atoms with Crippen molar-refractivity contribution < 1.29 is 9.76 Å². The maximum absolute atomic E-state index is 10.6. The van der Waals surface area contributed by atoms with Crippen molar-refractivity contribution in [3.8, 4) is 0 Å². The van der Waals surface area contributed by atoms with Crippen molar-refractivity contribution in [1.29, 1.82) is 0 Å². The monoisotopic (exact) mass is 224 g/mol. The predicted molar refractivity (Wildman–Crippen MR) is 53.6 cm³/mol. The number of aromatic nitrogens is 4. The molecule has 0 aromatic carbocycles. The molecule has 2 aromatic rings. The first kappa shape index (κ1) is 10.2. The van der Waals surface area contributed by atoms with Crippen LogP contribution in [-0.2, 0) is 11.9 Å². The normalized spacial score (nSPS) is 10.6. The fraction of sp³-hybridized carbons (Fsp3) is 0.286. The Morgan fingerprint density at radius 2 is 2.31 bits per heavy atom. The van der Waals surface area contributed by atoms with Gasteiger partial charge in [-0.05, 0) is 14.9 Å². The van der Waals surface area contributed by atoms with Crippen molar-refractivity contribution in [3.05, 3.63) is 16.4 Å². The number of rotatable bonds is 3. The Bertz CT molecular complexity index is 550. The van der Waals surface area contributed by atoms with E-state index in [4.69, 9.17) is 0 Å². The molecule has 0 saturated heterocycles. The maximum atomic E-state index is 10.6. The smallest absolute Gasteiger partial charge is 0.390 e. The average Bonchev–Trinajstić information content (AvgIpc) is 2.61. The minimum atomic E-state index is -0.673. The van der Waals surface area contributed by atoms with Crippen LogP contribution in [0, 0.1) is 10.1 Å². The summed E-state index contributed by atoms with van der Waals surface area (Å²) < 4.78 is 1.56. The van der Waals surface area contributed by atoms with Gasteiger partial charge in [0.15, 0.2) is 5.52 Å². The molecule has 84 valence electrons. The third-order valence-electron chi connectivity index (χ3n) is 1.91. The summed E-state index contributed by atoms with van der Waals surface area (Å²) in [6.07, 6.45) is 1.49. The summed E-state index contributed by atoms with van der Waals surface area (Å²) in [5, 5.41) is 10.6. The molecular formula is C7H8N6O3. The summed E-state index contributed by atoms with van der Waals surface area (Å²) >= 11 is 0. The lowest BCUT2D eigenvalue weighted by molar-refractivity contribution is -0.394. The second-order valence-corrected chi connectivity index (χ2v) is 2.96. The van der Waals surface area contributed by atoms with Crippen molar-refractivity contribution in [2.24, 2.45) is 7.05 Å². The van der Waals surface area contributed by atoms with Gasteiger partial charge in [-0.1, -0.05) is 0 Å². The Labute approximate surface area is 89.2 Å². The van der Waals surface area contributed by atoms with Crippen LogP contribution in [0.15, 0.2) is 6.33 Å². The van der Waals surface area contributed by atoms with Gasteiger partial charge in [0.25, 0.3) is 5.82 Å². The second kappa shape index (κ2) is 3.70. The Balaban J connectivity index is 2.70. The van der Waals surface area contributed by atoms with E-state index in [0.717, 1.165) is 0 Å². The van der Waals surface area contributed by atoms with Gasteiger partial charge in [0.2, 0.25) is 5.65 Å². The van der Waals surface area contributed by atoms with Gasteiger partial charge in [-0.3, -0.25) is 4.84 Å². The number of fused-ring (bicyclic) bond motifs is 1. The number of anilines is 1. The van der Waals surface area contributed by atoms with Gasteiger partial charge in [0.05, 0.1) is 13.4 Å². The molecule has 0 atom stereocenters. The molecule has 0 radical (unpaired) electrons. The summed E-state index contributed by atoms with van der Waals surface area (Å²) in [5.74, 6) is -0.338. The Kier molecular flexibility index (Phi) is 2.37. The van der Waals surface area contributed by atoms with Crippen LogP contribution in [-0.4, -0.2) is 31.6 Å². The van der Waals surface area contributed by atoms with Gasteiger partial charge >= 0.3 is 5.95 Å². The third kappa shape index (κ3) is 1.52. The fourth-order valence-corrected chi connectivity index (χ4v) is 1.24. The first-order chi connectivity index (χ1) is 7.63. The first-order valence-electron chi connectivity index (χ1n) is 4.26. The molecule has 0 aliphatic rings. The van der Waals surface area contributed by atoms with E-state index >= 15 is 0 Å². The summed E-state index contributed by atoms with van der Waals surface area (Å²) in [4.78, 5) is 26.1. The SMILES string of the molecule is CONc1nc([N+](=O)[O-])nc2c1ncn2C. The zero-order chi connectivity index (χ0) is 11.7. The number of aryl methyl sites for hydroxylation is 1. The van der Waals surface area contributed by atoms with Crippen molar-refractivity contribution in [2.45, 2.75) is 0 Å². The van der Waals surface area contributed by atoms with Gasteiger partial charge in [-0.15, -0.1) is 0 Å². The summed E-state index contributed by atoms with van der Waals surface area (Å²) in [5.41, 5.74) is 3.20. The summed E-state index contributed by atoms with van der Waals surface area (Å²) in [7, 11) is 3.06. The molecular weight excluding hydrogens is 216 g/mol. The molecule has 1 N–H and O–H groups in total. The van der Waals surface area contributed by atoms with E-state index < -0.39 is 10.9 Å². The van der Waals surface area contributed by atoms with E-state index in [1.54, 1.807) is 11.6 Å². The molecule has 2 aromatic heterocycles. The van der Waals surface area contributed by atoms with Crippen LogP contribution < -0.4 is 5.48 Å². The lowest BCUT2D eigenvalue weighted by Crippen LogP contribution is -2.04. The van der Waals surface area contributed by atoms with E-state index in [-0.39, 0.29) is 5.82 Å². The first-order valence-corrected chi connectivity index (χ1v) is 4.26. The van der Waals surface area contributed by atoms with E-state index in [1.807, 2.05) is 0 Å². The van der Waals surface area contributed by atoms with Gasteiger partial charge in [0, 0.05) is 7.05 Å². The molecule has 2 heterocycles. The van der Waals surface area contributed by atoms with Crippen molar-refractivity contribution in [2.75, 3.05) is 12.6 Å². The number of imidazole rings is 1. The lowest BCUT2D eigenvalue weighted by atomic mass is 10.5. The quantitative estimate of drug-likeness (QED) is 0.587. The van der Waals surface area contributed by atoms with Crippen molar-refractivity contribution in [3.63, 3.8) is 0 Å². The molecule has 9 nitrogen and oxygen atoms in total. The Morgan fingerprint density at radius 3 is 2.94 bits per heavy atom. The van der Waals surface area contributed by atoms with Crippen LogP contribution in [0.25, 0.3) is 11.2 Å². The molecule has 0 fully saturated rings. The molecule has 16 heavy (non-hydrogen) atoms. The lowest BCUT2D eigenvalue weighted by Gasteiger charge is -1.99. The van der Waals surface area contributed by atoms with Crippen LogP contribution in [0.3, 0.4) is 0 Å². The maximum Gasteiger partial charge on any atom is 0.473 e. The molecule has 0 saturated carbocycles. The molecule has 0 amide bonds. The minimum absolute atomic E-state index is 0.166. The van der Waals surface area contributed by atoms with E-state index in [9.17, 15) is 10.1 Å². The highest BCUT2D eigenvalue weighted by atomic mass is 16.6. The molecule has 0 aliphatic heterocycles. The van der Waals surface area contributed by atoms with Gasteiger partial charge in [-0.25, -0.2) is 10.5 Å². The van der Waals surface area contributed by atoms with E-state index in [0.29, 0.717) is 11.2 Å². The summed E-state index contributed by atoms with van der Waals surface area (Å²) in [6.45, 7) is 0. The van der Waals surface area contributed by atoms with Crippen molar-refractivity contribution >= 4 is 22.9 Å². The van der Waals surface area contributed by atoms with Gasteiger partial charge < -0.3 is 14.7 Å². The molecule has 0 spiro atoms. The largest absolute Gasteiger partial charge is 0.473 e. The number of nitro groups is 1. The van der Waals surface area contributed by atoms with Crippen LogP contribution >= 0.6 is 0 Å². The van der Waals surface area contributed by atoms with Crippen molar-refractivity contribution in [1.82, 2.24) is 19.5 Å². The molecule has 2 rings (SSSR count). The van der Waals surface area contributed by atoms with Gasteiger partial charge in [0.1, 0.15) is 0 Å². The number of nitrogens with zero attached hydrogens (tertiary/aromatic N) is 5. The molecule has 0 unspecified atom stereocenters. The molecule has 0 bridgehead atoms. The highest BCUT2D eigenvalue weighted by Crippen LogP contribution is 2.20. The zero-order valence-corrected chi connectivity index (χ0v) is 8.54.